The van der Waals surface area contributed by atoms with E-state index in [2.05, 4.69) is 12.2 Å². The highest BCUT2D eigenvalue weighted by Crippen LogP contribution is 2.08. The third-order valence-corrected chi connectivity index (χ3v) is 3.23. The van der Waals surface area contributed by atoms with Crippen molar-refractivity contribution in [2.24, 2.45) is 0 Å². The Morgan fingerprint density at radius 1 is 1.33 bits per heavy atom. The van der Waals surface area contributed by atoms with Crippen molar-refractivity contribution in [1.29, 1.82) is 0 Å². The molecule has 3 nitrogen and oxygen atoms in total. The molecule has 90 valence electrons. The highest BCUT2D eigenvalue weighted by atomic mass is 32.2. The minimum absolute atomic E-state index is 0.362. The van der Waals surface area contributed by atoms with Crippen LogP contribution in [0.1, 0.15) is 39.5 Å². The van der Waals surface area contributed by atoms with Crippen LogP contribution in [0.15, 0.2) is 0 Å². The molecule has 4 heteroatoms. The van der Waals surface area contributed by atoms with Crippen LogP contribution in [0.3, 0.4) is 0 Å². The van der Waals surface area contributed by atoms with Gasteiger partial charge in [-0.15, -0.1) is 0 Å². The van der Waals surface area contributed by atoms with Gasteiger partial charge in [0.05, 0.1) is 0 Å². The van der Waals surface area contributed by atoms with Crippen LogP contribution in [0.5, 0.6) is 0 Å². The minimum atomic E-state index is -0.723. The van der Waals surface area contributed by atoms with Gasteiger partial charge in [-0.3, -0.25) is 4.79 Å². The summed E-state index contributed by atoms with van der Waals surface area (Å²) >= 11 is 1.85. The number of carboxylic acid groups (broad SMARTS) is 1. The summed E-state index contributed by atoms with van der Waals surface area (Å²) in [6.07, 6.45) is 4.14. The van der Waals surface area contributed by atoms with E-state index in [1.54, 1.807) is 0 Å². The lowest BCUT2D eigenvalue weighted by Gasteiger charge is -2.13. The number of hydrogen-bond acceptors (Lipinski definition) is 3. The zero-order chi connectivity index (χ0) is 11.5. The van der Waals surface area contributed by atoms with Gasteiger partial charge in [-0.2, -0.15) is 11.8 Å². The summed E-state index contributed by atoms with van der Waals surface area (Å²) in [7, 11) is 0. The summed E-state index contributed by atoms with van der Waals surface area (Å²) in [5.41, 5.74) is 0. The van der Waals surface area contributed by atoms with Crippen molar-refractivity contribution in [2.45, 2.75) is 45.6 Å². The number of unbranched alkanes of at least 4 members (excludes halogenated alkanes) is 1. The van der Waals surface area contributed by atoms with Crippen molar-refractivity contribution in [3.8, 4) is 0 Å². The molecule has 0 aliphatic carbocycles. The van der Waals surface area contributed by atoms with Crippen molar-refractivity contribution in [3.63, 3.8) is 0 Å². The predicted octanol–water partition coefficient (Wildman–Crippen LogP) is 2.36. The number of aliphatic carboxylic acids is 1. The maximum Gasteiger partial charge on any atom is 0.320 e. The Hall–Kier alpha value is -0.220. The Kier molecular flexibility index (Phi) is 10.2. The molecule has 0 aliphatic rings. The number of nitrogens with one attached hydrogen (secondary N) is 1. The second-order valence-electron chi connectivity index (χ2n) is 3.60. The molecule has 1 unspecified atom stereocenters. The number of carboxylic acids is 1. The molecule has 2 N–H and O–H groups in total. The van der Waals surface area contributed by atoms with E-state index in [1.165, 1.54) is 12.8 Å². The first-order chi connectivity index (χ1) is 7.22. The summed E-state index contributed by atoms with van der Waals surface area (Å²) < 4.78 is 0. The van der Waals surface area contributed by atoms with Crippen molar-refractivity contribution in [2.75, 3.05) is 18.1 Å². The first-order valence-electron chi connectivity index (χ1n) is 5.76. The van der Waals surface area contributed by atoms with Crippen LogP contribution in [0.4, 0.5) is 0 Å². The van der Waals surface area contributed by atoms with E-state index in [4.69, 9.17) is 5.11 Å². The summed E-state index contributed by atoms with van der Waals surface area (Å²) in [4.78, 5) is 10.9. The van der Waals surface area contributed by atoms with Crippen molar-refractivity contribution >= 4 is 17.7 Å². The summed E-state index contributed by atoms with van der Waals surface area (Å²) in [5, 5.41) is 12.0. The molecular formula is C11H23NO2S. The van der Waals surface area contributed by atoms with E-state index in [0.717, 1.165) is 30.9 Å². The summed E-state index contributed by atoms with van der Waals surface area (Å²) in [5.74, 6) is 1.36. The largest absolute Gasteiger partial charge is 0.480 e. The molecule has 0 aromatic rings. The van der Waals surface area contributed by atoms with Gasteiger partial charge in [0.25, 0.3) is 0 Å². The fourth-order valence-electron chi connectivity index (χ4n) is 1.18. The average molecular weight is 233 g/mol. The maximum absolute atomic E-state index is 10.9. The van der Waals surface area contributed by atoms with Crippen molar-refractivity contribution < 1.29 is 9.90 Å². The first kappa shape index (κ1) is 14.8. The van der Waals surface area contributed by atoms with E-state index in [-0.39, 0.29) is 6.04 Å². The van der Waals surface area contributed by atoms with Crippen LogP contribution in [-0.4, -0.2) is 35.2 Å². The Bertz CT molecular complexity index is 165. The van der Waals surface area contributed by atoms with Gasteiger partial charge in [-0.05, 0) is 37.3 Å². The fourth-order valence-corrected chi connectivity index (χ4v) is 2.28. The third kappa shape index (κ3) is 8.75. The smallest absolute Gasteiger partial charge is 0.320 e. The molecule has 0 rings (SSSR count). The zero-order valence-electron chi connectivity index (χ0n) is 9.79. The molecule has 0 amide bonds. The molecule has 0 heterocycles. The van der Waals surface area contributed by atoms with Gasteiger partial charge < -0.3 is 10.4 Å². The zero-order valence-corrected chi connectivity index (χ0v) is 10.6. The van der Waals surface area contributed by atoms with Crippen LogP contribution in [0.25, 0.3) is 0 Å². The van der Waals surface area contributed by atoms with E-state index in [1.807, 2.05) is 18.7 Å². The standard InChI is InChI=1S/C11H23NO2S/c1-3-5-8-15-9-6-10(11(13)14)12-7-4-2/h10,12H,3-9H2,1-2H3,(H,13,14). The molecule has 15 heavy (non-hydrogen) atoms. The molecule has 0 aliphatic heterocycles. The van der Waals surface area contributed by atoms with E-state index in [9.17, 15) is 4.79 Å². The second-order valence-corrected chi connectivity index (χ2v) is 4.82. The summed E-state index contributed by atoms with van der Waals surface area (Å²) in [6, 6.07) is -0.362. The Morgan fingerprint density at radius 3 is 2.60 bits per heavy atom. The predicted molar refractivity (Wildman–Crippen MR) is 66.6 cm³/mol. The molecule has 0 radical (unpaired) electrons. The van der Waals surface area contributed by atoms with Gasteiger partial charge in [0, 0.05) is 0 Å². The average Bonchev–Trinajstić information content (AvgIpc) is 2.21. The molecule has 0 aromatic heterocycles. The van der Waals surface area contributed by atoms with Crippen molar-refractivity contribution in [1.82, 2.24) is 5.32 Å². The number of carbonyl (C=O) groups is 1. The maximum atomic E-state index is 10.9. The highest BCUT2D eigenvalue weighted by molar-refractivity contribution is 7.99. The summed E-state index contributed by atoms with van der Waals surface area (Å²) in [6.45, 7) is 5.00. The van der Waals surface area contributed by atoms with Gasteiger partial charge in [0.15, 0.2) is 0 Å². The molecule has 0 spiro atoms. The quantitative estimate of drug-likeness (QED) is 0.569. The second kappa shape index (κ2) is 10.3. The Balaban J connectivity index is 3.53. The van der Waals surface area contributed by atoms with E-state index >= 15 is 0 Å². The Morgan fingerprint density at radius 2 is 2.07 bits per heavy atom. The minimum Gasteiger partial charge on any atom is -0.480 e. The highest BCUT2D eigenvalue weighted by Gasteiger charge is 2.15. The number of thioether (sulfide) groups is 1. The van der Waals surface area contributed by atoms with Gasteiger partial charge in [-0.25, -0.2) is 0 Å². The Labute approximate surface area is 97.0 Å². The van der Waals surface area contributed by atoms with E-state index in [0.29, 0.717) is 0 Å². The van der Waals surface area contributed by atoms with Gasteiger partial charge in [-0.1, -0.05) is 20.3 Å². The van der Waals surface area contributed by atoms with E-state index < -0.39 is 5.97 Å². The van der Waals surface area contributed by atoms with Crippen LogP contribution in [-0.2, 0) is 4.79 Å². The molecule has 0 aromatic carbocycles. The van der Waals surface area contributed by atoms with Crippen LogP contribution in [0.2, 0.25) is 0 Å². The lowest BCUT2D eigenvalue weighted by atomic mass is 10.2. The van der Waals surface area contributed by atoms with Crippen LogP contribution in [0, 0.1) is 0 Å². The van der Waals surface area contributed by atoms with Crippen molar-refractivity contribution in [3.05, 3.63) is 0 Å². The number of hydrogen-bond donors (Lipinski definition) is 2. The molecule has 0 fully saturated rings. The van der Waals surface area contributed by atoms with Gasteiger partial charge in [0.1, 0.15) is 6.04 Å². The molecule has 1 atom stereocenters. The molecule has 0 saturated carbocycles. The molecule has 0 bridgehead atoms. The molecular weight excluding hydrogens is 210 g/mol. The topological polar surface area (TPSA) is 49.3 Å². The fraction of sp³-hybridized carbons (Fsp3) is 0.909. The van der Waals surface area contributed by atoms with Crippen LogP contribution >= 0.6 is 11.8 Å². The molecule has 0 saturated heterocycles. The SMILES string of the molecule is CCCCSCCC(NCCC)C(=O)O. The van der Waals surface area contributed by atoms with Gasteiger partial charge in [0.2, 0.25) is 0 Å². The first-order valence-corrected chi connectivity index (χ1v) is 6.91. The van der Waals surface area contributed by atoms with Gasteiger partial charge >= 0.3 is 5.97 Å². The number of rotatable bonds is 10. The third-order valence-electron chi connectivity index (χ3n) is 2.13. The lowest BCUT2D eigenvalue weighted by molar-refractivity contribution is -0.139. The van der Waals surface area contributed by atoms with Crippen LogP contribution < -0.4 is 5.32 Å². The monoisotopic (exact) mass is 233 g/mol. The lowest BCUT2D eigenvalue weighted by Crippen LogP contribution is -2.37. The normalized spacial score (nSPS) is 12.7.